The van der Waals surface area contributed by atoms with E-state index in [9.17, 15) is 0 Å². The minimum absolute atomic E-state index is 0.246. The molecule has 1 N–H and O–H groups in total. The van der Waals surface area contributed by atoms with Gasteiger partial charge in [-0.15, -0.1) is 0 Å². The molecule has 1 aliphatic carbocycles. The highest BCUT2D eigenvalue weighted by Gasteiger charge is 2.49. The van der Waals surface area contributed by atoms with E-state index in [2.05, 4.69) is 63.3 Å². The highest BCUT2D eigenvalue weighted by Crippen LogP contribution is 2.54. The van der Waals surface area contributed by atoms with Crippen molar-refractivity contribution < 1.29 is 0 Å². The van der Waals surface area contributed by atoms with Gasteiger partial charge in [-0.2, -0.15) is 0 Å². The summed E-state index contributed by atoms with van der Waals surface area (Å²) in [5, 5.41) is 3.62. The summed E-state index contributed by atoms with van der Waals surface area (Å²) in [6.45, 7) is 10.3. The van der Waals surface area contributed by atoms with E-state index in [0.29, 0.717) is 5.41 Å². The zero-order valence-corrected chi connectivity index (χ0v) is 11.6. The lowest BCUT2D eigenvalue weighted by molar-refractivity contribution is 0.387. The second-order valence-electron chi connectivity index (χ2n) is 6.85. The normalized spacial score (nSPS) is 28.1. The van der Waals surface area contributed by atoms with E-state index in [-0.39, 0.29) is 5.54 Å². The monoisotopic (exact) mass is 231 g/mol. The number of hydrogen-bond donors (Lipinski definition) is 1. The average molecular weight is 231 g/mol. The topological polar surface area (TPSA) is 12.0 Å². The van der Waals surface area contributed by atoms with Crippen LogP contribution in [0.5, 0.6) is 0 Å². The molecule has 2 atom stereocenters. The third kappa shape index (κ3) is 3.57. The molecule has 0 amide bonds. The predicted molar refractivity (Wildman–Crippen MR) is 74.1 cm³/mol. The average Bonchev–Trinajstić information content (AvgIpc) is 2.87. The SMILES string of the molecule is CC(C)(C)NCC1CC1(C)Cc1ccccc1. The van der Waals surface area contributed by atoms with Crippen molar-refractivity contribution in [2.75, 3.05) is 6.54 Å². The van der Waals surface area contributed by atoms with Crippen molar-refractivity contribution in [3.05, 3.63) is 35.9 Å². The van der Waals surface area contributed by atoms with Crippen LogP contribution in [0.25, 0.3) is 0 Å². The van der Waals surface area contributed by atoms with Crippen LogP contribution < -0.4 is 5.32 Å². The number of nitrogens with one attached hydrogen (secondary N) is 1. The quantitative estimate of drug-likeness (QED) is 0.834. The summed E-state index contributed by atoms with van der Waals surface area (Å²) in [5.41, 5.74) is 2.25. The van der Waals surface area contributed by atoms with Crippen LogP contribution in [-0.2, 0) is 6.42 Å². The Labute approximate surface area is 106 Å². The zero-order valence-electron chi connectivity index (χ0n) is 11.6. The third-order valence-corrected chi connectivity index (χ3v) is 3.87. The molecular weight excluding hydrogens is 206 g/mol. The molecule has 94 valence electrons. The van der Waals surface area contributed by atoms with E-state index in [1.165, 1.54) is 18.4 Å². The van der Waals surface area contributed by atoms with Crippen molar-refractivity contribution in [2.45, 2.75) is 46.1 Å². The van der Waals surface area contributed by atoms with E-state index in [1.807, 2.05) is 0 Å². The lowest BCUT2D eigenvalue weighted by atomic mass is 9.96. The number of benzene rings is 1. The zero-order chi connectivity index (χ0) is 12.5. The highest BCUT2D eigenvalue weighted by atomic mass is 15.0. The molecule has 1 saturated carbocycles. The standard InChI is InChI=1S/C16H25N/c1-15(2,3)17-12-14-11-16(14,4)10-13-8-6-5-7-9-13/h5-9,14,17H,10-12H2,1-4H3. The van der Waals surface area contributed by atoms with Crippen molar-refractivity contribution >= 4 is 0 Å². The van der Waals surface area contributed by atoms with Gasteiger partial charge in [-0.25, -0.2) is 0 Å². The first-order valence-electron chi connectivity index (χ1n) is 6.68. The Morgan fingerprint density at radius 2 is 1.88 bits per heavy atom. The predicted octanol–water partition coefficient (Wildman–Crippen LogP) is 3.64. The van der Waals surface area contributed by atoms with Crippen molar-refractivity contribution in [1.82, 2.24) is 5.32 Å². The van der Waals surface area contributed by atoms with Gasteiger partial charge >= 0.3 is 0 Å². The van der Waals surface area contributed by atoms with E-state index in [4.69, 9.17) is 0 Å². The Morgan fingerprint density at radius 3 is 2.47 bits per heavy atom. The third-order valence-electron chi connectivity index (χ3n) is 3.87. The van der Waals surface area contributed by atoms with Crippen LogP contribution in [0.4, 0.5) is 0 Å². The summed E-state index contributed by atoms with van der Waals surface area (Å²) >= 11 is 0. The Kier molecular flexibility index (Phi) is 3.31. The lowest BCUT2D eigenvalue weighted by Crippen LogP contribution is -2.37. The van der Waals surface area contributed by atoms with Crippen molar-refractivity contribution in [2.24, 2.45) is 11.3 Å². The molecule has 2 unspecified atom stereocenters. The van der Waals surface area contributed by atoms with Crippen LogP contribution in [-0.4, -0.2) is 12.1 Å². The second-order valence-corrected chi connectivity index (χ2v) is 6.85. The molecule has 0 heterocycles. The van der Waals surface area contributed by atoms with E-state index in [0.717, 1.165) is 12.5 Å². The van der Waals surface area contributed by atoms with Gasteiger partial charge in [-0.1, -0.05) is 37.3 Å². The molecule has 2 rings (SSSR count). The van der Waals surface area contributed by atoms with Gasteiger partial charge in [0.15, 0.2) is 0 Å². The molecular formula is C16H25N. The lowest BCUT2D eigenvalue weighted by Gasteiger charge is -2.21. The van der Waals surface area contributed by atoms with E-state index >= 15 is 0 Å². The molecule has 1 aromatic rings. The highest BCUT2D eigenvalue weighted by molar-refractivity contribution is 5.19. The van der Waals surface area contributed by atoms with Crippen LogP contribution in [0.15, 0.2) is 30.3 Å². The number of hydrogen-bond acceptors (Lipinski definition) is 1. The van der Waals surface area contributed by atoms with Gasteiger partial charge in [0.2, 0.25) is 0 Å². The molecule has 0 saturated heterocycles. The summed E-state index contributed by atoms with van der Waals surface area (Å²) in [6, 6.07) is 10.9. The van der Waals surface area contributed by atoms with Gasteiger partial charge < -0.3 is 5.32 Å². The molecule has 0 radical (unpaired) electrons. The first kappa shape index (κ1) is 12.6. The largest absolute Gasteiger partial charge is 0.312 e. The van der Waals surface area contributed by atoms with Crippen LogP contribution in [0, 0.1) is 11.3 Å². The molecule has 1 aliphatic rings. The smallest absolute Gasteiger partial charge is 0.00966 e. The maximum absolute atomic E-state index is 3.62. The van der Waals surface area contributed by atoms with Crippen LogP contribution in [0.1, 0.15) is 39.7 Å². The molecule has 17 heavy (non-hydrogen) atoms. The minimum atomic E-state index is 0.246. The Morgan fingerprint density at radius 1 is 1.24 bits per heavy atom. The van der Waals surface area contributed by atoms with Crippen molar-refractivity contribution in [3.63, 3.8) is 0 Å². The first-order chi connectivity index (χ1) is 7.89. The molecule has 0 aromatic heterocycles. The first-order valence-corrected chi connectivity index (χ1v) is 6.68. The van der Waals surface area contributed by atoms with E-state index < -0.39 is 0 Å². The summed E-state index contributed by atoms with van der Waals surface area (Å²) in [7, 11) is 0. The molecule has 0 bridgehead atoms. The van der Waals surface area contributed by atoms with Gasteiger partial charge in [0.05, 0.1) is 0 Å². The maximum atomic E-state index is 3.62. The van der Waals surface area contributed by atoms with E-state index in [1.54, 1.807) is 0 Å². The van der Waals surface area contributed by atoms with Gasteiger partial charge in [0.25, 0.3) is 0 Å². The summed E-state index contributed by atoms with van der Waals surface area (Å²) < 4.78 is 0. The second kappa shape index (κ2) is 4.45. The van der Waals surface area contributed by atoms with Crippen molar-refractivity contribution in [1.29, 1.82) is 0 Å². The fourth-order valence-electron chi connectivity index (χ4n) is 2.53. The fourth-order valence-corrected chi connectivity index (χ4v) is 2.53. The summed E-state index contributed by atoms with van der Waals surface area (Å²) in [6.07, 6.45) is 2.59. The van der Waals surface area contributed by atoms with Crippen LogP contribution in [0.2, 0.25) is 0 Å². The molecule has 0 spiro atoms. The fraction of sp³-hybridized carbons (Fsp3) is 0.625. The Balaban J connectivity index is 1.84. The van der Waals surface area contributed by atoms with Gasteiger partial charge in [0, 0.05) is 5.54 Å². The Bertz CT molecular complexity index is 363. The molecule has 1 nitrogen and oxygen atoms in total. The molecule has 1 heteroatoms. The number of rotatable bonds is 4. The van der Waals surface area contributed by atoms with Gasteiger partial charge in [0.1, 0.15) is 0 Å². The maximum Gasteiger partial charge on any atom is 0.00966 e. The van der Waals surface area contributed by atoms with Gasteiger partial charge in [-0.05, 0) is 57.1 Å². The summed E-state index contributed by atoms with van der Waals surface area (Å²) in [5.74, 6) is 0.849. The Hall–Kier alpha value is -0.820. The van der Waals surface area contributed by atoms with Crippen molar-refractivity contribution in [3.8, 4) is 0 Å². The summed E-state index contributed by atoms with van der Waals surface area (Å²) in [4.78, 5) is 0. The molecule has 1 fully saturated rings. The molecule has 0 aliphatic heterocycles. The van der Waals surface area contributed by atoms with Crippen LogP contribution >= 0.6 is 0 Å². The minimum Gasteiger partial charge on any atom is -0.312 e. The molecule has 1 aromatic carbocycles. The van der Waals surface area contributed by atoms with Crippen LogP contribution in [0.3, 0.4) is 0 Å². The van der Waals surface area contributed by atoms with Gasteiger partial charge in [-0.3, -0.25) is 0 Å².